The normalized spacial score (nSPS) is 29.9. The molecule has 0 spiro atoms. The summed E-state index contributed by atoms with van der Waals surface area (Å²) in [6.07, 6.45) is 20.8. The van der Waals surface area contributed by atoms with E-state index >= 15 is 0 Å². The minimum Gasteiger partial charge on any atom is -0.0617 e. The van der Waals surface area contributed by atoms with Crippen molar-refractivity contribution in [3.8, 4) is 0 Å². The third kappa shape index (κ3) is 1.61. The van der Waals surface area contributed by atoms with E-state index in [2.05, 4.69) is 75.5 Å². The molecular weight excluding hydrogens is 240 g/mol. The van der Waals surface area contributed by atoms with Crippen molar-refractivity contribution in [3.63, 3.8) is 0 Å². The lowest BCUT2D eigenvalue weighted by Gasteiger charge is -2.41. The van der Waals surface area contributed by atoms with Crippen molar-refractivity contribution in [2.45, 2.75) is 20.8 Å². The zero-order valence-corrected chi connectivity index (χ0v) is 12.4. The van der Waals surface area contributed by atoms with E-state index in [9.17, 15) is 0 Å². The molecule has 0 bridgehead atoms. The number of hydrogen-bond acceptors (Lipinski definition) is 0. The first-order valence-electron chi connectivity index (χ1n) is 7.46. The standard InChI is InChI=1S/C20H20/c1-20(2,3)17-11-15-9-7-13-5-4-6-14-8-10-16(12-17)19(15)18(13)14/h4-12,18-19H,1-3H3. The maximum atomic E-state index is 2.41. The molecule has 0 nitrogen and oxygen atoms in total. The summed E-state index contributed by atoms with van der Waals surface area (Å²) in [4.78, 5) is 0. The molecule has 0 N–H and O–H groups in total. The molecule has 100 valence electrons. The van der Waals surface area contributed by atoms with Crippen molar-refractivity contribution in [2.24, 2.45) is 17.3 Å². The van der Waals surface area contributed by atoms with Gasteiger partial charge in [-0.05, 0) is 33.3 Å². The van der Waals surface area contributed by atoms with E-state index < -0.39 is 0 Å². The fraction of sp³-hybridized carbons (Fsp3) is 0.300. The Hall–Kier alpha value is -1.82. The Morgan fingerprint density at radius 3 is 2.15 bits per heavy atom. The van der Waals surface area contributed by atoms with Crippen molar-refractivity contribution in [1.82, 2.24) is 0 Å². The van der Waals surface area contributed by atoms with Crippen LogP contribution in [0.1, 0.15) is 20.8 Å². The molecule has 0 fully saturated rings. The van der Waals surface area contributed by atoms with Crippen molar-refractivity contribution in [2.75, 3.05) is 0 Å². The van der Waals surface area contributed by atoms with Crippen LogP contribution in [0.5, 0.6) is 0 Å². The molecule has 0 heteroatoms. The smallest absolute Gasteiger partial charge is 0.0199 e. The van der Waals surface area contributed by atoms with Gasteiger partial charge in [0.2, 0.25) is 0 Å². The van der Waals surface area contributed by atoms with Crippen LogP contribution in [0.25, 0.3) is 0 Å². The number of hydrogen-bond donors (Lipinski definition) is 0. The van der Waals surface area contributed by atoms with Gasteiger partial charge in [0, 0.05) is 11.8 Å². The molecule has 20 heavy (non-hydrogen) atoms. The SMILES string of the molecule is CC(C)(C)C1=CC2=CC=C3C=CC=C4C=CC(=C1)C2C43. The lowest BCUT2D eigenvalue weighted by atomic mass is 9.63. The van der Waals surface area contributed by atoms with E-state index in [1.165, 1.54) is 27.9 Å². The molecule has 4 rings (SSSR count). The Bertz CT molecular complexity index is 691. The van der Waals surface area contributed by atoms with Crippen LogP contribution in [0, 0.1) is 17.3 Å². The Morgan fingerprint density at radius 2 is 1.35 bits per heavy atom. The van der Waals surface area contributed by atoms with Crippen LogP contribution in [0.2, 0.25) is 0 Å². The van der Waals surface area contributed by atoms with Gasteiger partial charge in [0.25, 0.3) is 0 Å². The second-order valence-electron chi connectivity index (χ2n) is 7.14. The lowest BCUT2D eigenvalue weighted by molar-refractivity contribution is 0.500. The maximum absolute atomic E-state index is 2.41. The van der Waals surface area contributed by atoms with E-state index in [1.54, 1.807) is 0 Å². The van der Waals surface area contributed by atoms with Crippen LogP contribution in [0.15, 0.2) is 82.5 Å². The summed E-state index contributed by atoms with van der Waals surface area (Å²) in [5.41, 5.74) is 7.52. The highest BCUT2D eigenvalue weighted by molar-refractivity contribution is 5.61. The van der Waals surface area contributed by atoms with Crippen LogP contribution in [-0.4, -0.2) is 0 Å². The van der Waals surface area contributed by atoms with E-state index in [0.29, 0.717) is 11.8 Å². The topological polar surface area (TPSA) is 0 Å². The zero-order chi connectivity index (χ0) is 13.9. The summed E-state index contributed by atoms with van der Waals surface area (Å²) in [5.74, 6) is 1.07. The van der Waals surface area contributed by atoms with Gasteiger partial charge in [0.15, 0.2) is 0 Å². The zero-order valence-electron chi connectivity index (χ0n) is 12.4. The molecule has 0 saturated heterocycles. The molecule has 0 heterocycles. The van der Waals surface area contributed by atoms with Crippen molar-refractivity contribution >= 4 is 0 Å². The largest absolute Gasteiger partial charge is 0.0617 e. The molecule has 0 radical (unpaired) electrons. The second-order valence-corrected chi connectivity index (χ2v) is 7.14. The molecule has 4 aliphatic carbocycles. The maximum Gasteiger partial charge on any atom is 0.0199 e. The van der Waals surface area contributed by atoms with Gasteiger partial charge in [0.05, 0.1) is 0 Å². The molecule has 0 aromatic heterocycles. The molecule has 0 aliphatic heterocycles. The highest BCUT2D eigenvalue weighted by atomic mass is 14.4. The van der Waals surface area contributed by atoms with Gasteiger partial charge in [-0.2, -0.15) is 0 Å². The Balaban J connectivity index is 1.93. The summed E-state index contributed by atoms with van der Waals surface area (Å²) in [6.45, 7) is 6.88. The fourth-order valence-corrected chi connectivity index (χ4v) is 3.65. The van der Waals surface area contributed by atoms with Gasteiger partial charge < -0.3 is 0 Å². The lowest BCUT2D eigenvalue weighted by Crippen LogP contribution is -2.29. The van der Waals surface area contributed by atoms with E-state index in [1.807, 2.05) is 0 Å². The van der Waals surface area contributed by atoms with Crippen molar-refractivity contribution in [3.05, 3.63) is 82.5 Å². The predicted octanol–water partition coefficient (Wildman–Crippen LogP) is 5.06. The average molecular weight is 260 g/mol. The molecule has 0 aromatic rings. The summed E-state index contributed by atoms with van der Waals surface area (Å²) in [5, 5.41) is 0. The van der Waals surface area contributed by atoms with Gasteiger partial charge in [-0.25, -0.2) is 0 Å². The highest BCUT2D eigenvalue weighted by Gasteiger charge is 2.38. The minimum atomic E-state index is 0.208. The Kier molecular flexibility index (Phi) is 2.30. The molecule has 4 aliphatic rings. The molecular formula is C20H20. The van der Waals surface area contributed by atoms with Gasteiger partial charge in [-0.3, -0.25) is 0 Å². The number of allylic oxidation sites excluding steroid dienone is 14. The minimum absolute atomic E-state index is 0.208. The van der Waals surface area contributed by atoms with Crippen LogP contribution in [-0.2, 0) is 0 Å². The highest BCUT2D eigenvalue weighted by Crippen LogP contribution is 2.50. The van der Waals surface area contributed by atoms with Gasteiger partial charge in [-0.15, -0.1) is 0 Å². The van der Waals surface area contributed by atoms with Crippen LogP contribution >= 0.6 is 0 Å². The summed E-state index contributed by atoms with van der Waals surface area (Å²) >= 11 is 0. The summed E-state index contributed by atoms with van der Waals surface area (Å²) in [7, 11) is 0. The van der Waals surface area contributed by atoms with Crippen LogP contribution < -0.4 is 0 Å². The first-order valence-corrected chi connectivity index (χ1v) is 7.46. The quantitative estimate of drug-likeness (QED) is 0.571. The Labute approximate surface area is 121 Å². The fourth-order valence-electron chi connectivity index (χ4n) is 3.65. The third-order valence-corrected chi connectivity index (χ3v) is 4.79. The van der Waals surface area contributed by atoms with Crippen LogP contribution in [0.4, 0.5) is 0 Å². The Morgan fingerprint density at radius 1 is 0.700 bits per heavy atom. The molecule has 2 atom stereocenters. The first-order chi connectivity index (χ1) is 9.54. The van der Waals surface area contributed by atoms with Crippen molar-refractivity contribution in [1.29, 1.82) is 0 Å². The second kappa shape index (κ2) is 3.85. The summed E-state index contributed by atoms with van der Waals surface area (Å²) in [6, 6.07) is 0. The monoisotopic (exact) mass is 260 g/mol. The van der Waals surface area contributed by atoms with Gasteiger partial charge >= 0.3 is 0 Å². The molecule has 0 saturated carbocycles. The third-order valence-electron chi connectivity index (χ3n) is 4.79. The molecule has 0 aromatic carbocycles. The van der Waals surface area contributed by atoms with Crippen LogP contribution in [0.3, 0.4) is 0 Å². The van der Waals surface area contributed by atoms with Gasteiger partial charge in [-0.1, -0.05) is 75.5 Å². The number of rotatable bonds is 0. The van der Waals surface area contributed by atoms with E-state index in [-0.39, 0.29) is 5.41 Å². The van der Waals surface area contributed by atoms with Crippen molar-refractivity contribution < 1.29 is 0 Å². The average Bonchev–Trinajstić information content (AvgIpc) is 2.43. The van der Waals surface area contributed by atoms with Gasteiger partial charge in [0.1, 0.15) is 0 Å². The summed E-state index contributed by atoms with van der Waals surface area (Å²) < 4.78 is 0. The predicted molar refractivity (Wildman–Crippen MR) is 85.1 cm³/mol. The first kappa shape index (κ1) is 12.0. The molecule has 2 unspecified atom stereocenters. The van der Waals surface area contributed by atoms with E-state index in [0.717, 1.165) is 0 Å². The molecule has 0 amide bonds. The van der Waals surface area contributed by atoms with E-state index in [4.69, 9.17) is 0 Å².